The molecule has 0 fully saturated rings. The van der Waals surface area contributed by atoms with Crippen molar-refractivity contribution in [3.8, 4) is 0 Å². The molecule has 2 aromatic rings. The third kappa shape index (κ3) is 5.48. The zero-order chi connectivity index (χ0) is 13.6. The Kier molecular flexibility index (Phi) is 5.57. The third-order valence-electron chi connectivity index (χ3n) is 1.94. The second kappa shape index (κ2) is 6.72. The fourth-order valence-electron chi connectivity index (χ4n) is 1.07. The molecule has 0 saturated carbocycles. The van der Waals surface area contributed by atoms with Crippen LogP contribution in [0.2, 0.25) is 0 Å². The maximum atomic E-state index is 10.7. The minimum Gasteiger partial charge on any atom is -0.399 e. The minimum atomic E-state index is -3.58. The van der Waals surface area contributed by atoms with Crippen LogP contribution in [0.5, 0.6) is 0 Å². The molecule has 0 radical (unpaired) electrons. The van der Waals surface area contributed by atoms with Crippen LogP contribution in [0.1, 0.15) is 0 Å². The fourth-order valence-corrected chi connectivity index (χ4v) is 2.00. The molecule has 0 unspecified atom stereocenters. The third-order valence-corrected chi connectivity index (χ3v) is 3.59. The molecule has 0 aliphatic heterocycles. The average molecular weight is 376 g/mol. The van der Waals surface area contributed by atoms with Crippen molar-refractivity contribution in [2.75, 3.05) is 5.73 Å². The number of sulfonamides is 1. The number of anilines is 1. The maximum Gasteiger partial charge on any atom is 0.238 e. The summed E-state index contributed by atoms with van der Waals surface area (Å²) in [5.74, 6) is 0. The Morgan fingerprint density at radius 1 is 0.889 bits per heavy atom. The summed E-state index contributed by atoms with van der Waals surface area (Å²) in [6.07, 6.45) is 0. The van der Waals surface area contributed by atoms with E-state index < -0.39 is 10.0 Å². The van der Waals surface area contributed by atoms with Gasteiger partial charge in [-0.3, -0.25) is 0 Å². The molecule has 96 valence electrons. The zero-order valence-electron chi connectivity index (χ0n) is 9.45. The molecular weight excluding hydrogens is 363 g/mol. The first-order valence-electron chi connectivity index (χ1n) is 4.98. The summed E-state index contributed by atoms with van der Waals surface area (Å²) in [7, 11) is -3.58. The minimum absolute atomic E-state index is 0.0756. The Morgan fingerprint density at radius 3 is 1.72 bits per heavy atom. The molecule has 0 atom stereocenters. The van der Waals surface area contributed by atoms with Gasteiger partial charge >= 0.3 is 0 Å². The average Bonchev–Trinajstić information content (AvgIpc) is 2.30. The number of hydrogen-bond acceptors (Lipinski definition) is 3. The van der Waals surface area contributed by atoms with Crippen LogP contribution in [0.25, 0.3) is 0 Å². The second-order valence-electron chi connectivity index (χ2n) is 3.41. The molecular formula is C12H13IN2O2S. The van der Waals surface area contributed by atoms with Crippen molar-refractivity contribution < 1.29 is 8.42 Å². The van der Waals surface area contributed by atoms with Gasteiger partial charge in [0.1, 0.15) is 0 Å². The van der Waals surface area contributed by atoms with Gasteiger partial charge in [0.15, 0.2) is 0 Å². The molecule has 4 N–H and O–H groups in total. The van der Waals surface area contributed by atoms with Gasteiger partial charge in [0, 0.05) is 9.26 Å². The molecule has 0 aromatic heterocycles. The van der Waals surface area contributed by atoms with E-state index in [4.69, 9.17) is 10.9 Å². The summed E-state index contributed by atoms with van der Waals surface area (Å²) in [6.45, 7) is 0. The molecule has 0 spiro atoms. The monoisotopic (exact) mass is 376 g/mol. The smallest absolute Gasteiger partial charge is 0.238 e. The van der Waals surface area contributed by atoms with Gasteiger partial charge in [-0.25, -0.2) is 13.6 Å². The predicted octanol–water partition coefficient (Wildman–Crippen LogP) is 2.21. The number of hydrogen-bond donors (Lipinski definition) is 2. The molecule has 18 heavy (non-hydrogen) atoms. The van der Waals surface area contributed by atoms with E-state index in [0.29, 0.717) is 5.69 Å². The first kappa shape index (κ1) is 14.9. The van der Waals surface area contributed by atoms with Gasteiger partial charge in [0.2, 0.25) is 10.0 Å². The van der Waals surface area contributed by atoms with Gasteiger partial charge in [-0.2, -0.15) is 0 Å². The van der Waals surface area contributed by atoms with Crippen molar-refractivity contribution in [3.63, 3.8) is 0 Å². The Morgan fingerprint density at radius 2 is 1.39 bits per heavy atom. The van der Waals surface area contributed by atoms with Gasteiger partial charge < -0.3 is 5.73 Å². The summed E-state index contributed by atoms with van der Waals surface area (Å²) in [6, 6.07) is 15.9. The molecule has 6 heteroatoms. The molecule has 4 nitrogen and oxygen atoms in total. The highest BCUT2D eigenvalue weighted by Crippen LogP contribution is 2.08. The summed E-state index contributed by atoms with van der Waals surface area (Å²) in [5.41, 5.74) is 5.85. The van der Waals surface area contributed by atoms with E-state index in [9.17, 15) is 8.42 Å². The lowest BCUT2D eigenvalue weighted by molar-refractivity contribution is 0.598. The predicted molar refractivity (Wildman–Crippen MR) is 81.4 cm³/mol. The van der Waals surface area contributed by atoms with Crippen molar-refractivity contribution >= 4 is 38.3 Å². The summed E-state index contributed by atoms with van der Waals surface area (Å²) >= 11 is 2.28. The fraction of sp³-hybridized carbons (Fsp3) is 0. The van der Waals surface area contributed by atoms with E-state index in [-0.39, 0.29) is 4.90 Å². The first-order chi connectivity index (χ1) is 8.39. The van der Waals surface area contributed by atoms with E-state index in [0.717, 1.165) is 0 Å². The van der Waals surface area contributed by atoms with Gasteiger partial charge in [0.05, 0.1) is 4.90 Å². The summed E-state index contributed by atoms with van der Waals surface area (Å²) < 4.78 is 22.7. The standard InChI is InChI=1S/C6H5I.C6H8N2O2S/c7-6-4-2-1-3-5-6;7-5-1-3-6(4-2-5)11(8,9)10/h1-5H;1-4H,7H2,(H2,8,9,10). The second-order valence-corrected chi connectivity index (χ2v) is 6.22. The van der Waals surface area contributed by atoms with Crippen molar-refractivity contribution in [3.05, 3.63) is 58.2 Å². The van der Waals surface area contributed by atoms with Crippen molar-refractivity contribution in [2.45, 2.75) is 4.90 Å². The van der Waals surface area contributed by atoms with E-state index in [2.05, 4.69) is 34.7 Å². The van der Waals surface area contributed by atoms with Crippen LogP contribution < -0.4 is 10.9 Å². The lowest BCUT2D eigenvalue weighted by atomic mass is 10.3. The summed E-state index contributed by atoms with van der Waals surface area (Å²) in [4.78, 5) is 0.0756. The molecule has 0 aliphatic rings. The molecule has 2 aromatic carbocycles. The molecule has 0 aliphatic carbocycles. The van der Waals surface area contributed by atoms with Crippen molar-refractivity contribution in [2.24, 2.45) is 5.14 Å². The molecule has 0 saturated heterocycles. The van der Waals surface area contributed by atoms with Gasteiger partial charge in [-0.15, -0.1) is 0 Å². The van der Waals surface area contributed by atoms with Crippen molar-refractivity contribution in [1.82, 2.24) is 0 Å². The van der Waals surface area contributed by atoms with Gasteiger partial charge in [0.25, 0.3) is 0 Å². The Balaban J connectivity index is 0.000000199. The quantitative estimate of drug-likeness (QED) is 0.591. The molecule has 0 amide bonds. The van der Waals surface area contributed by atoms with Crippen LogP contribution in [-0.2, 0) is 10.0 Å². The molecule has 0 bridgehead atoms. The highest BCUT2D eigenvalue weighted by molar-refractivity contribution is 14.1. The zero-order valence-corrected chi connectivity index (χ0v) is 12.4. The first-order valence-corrected chi connectivity index (χ1v) is 7.61. The Labute approximate surface area is 120 Å². The topological polar surface area (TPSA) is 86.2 Å². The number of benzene rings is 2. The van der Waals surface area contributed by atoms with E-state index >= 15 is 0 Å². The lowest BCUT2D eigenvalue weighted by Gasteiger charge is -1.96. The van der Waals surface area contributed by atoms with E-state index in [1.807, 2.05) is 18.2 Å². The summed E-state index contributed by atoms with van der Waals surface area (Å²) in [5, 5.41) is 4.84. The van der Waals surface area contributed by atoms with Crippen LogP contribution in [0.4, 0.5) is 5.69 Å². The largest absolute Gasteiger partial charge is 0.399 e. The maximum absolute atomic E-state index is 10.7. The van der Waals surface area contributed by atoms with Crippen LogP contribution in [0.15, 0.2) is 59.5 Å². The molecule has 0 heterocycles. The normalized spacial score (nSPS) is 10.3. The number of halogens is 1. The van der Waals surface area contributed by atoms with Crippen LogP contribution in [-0.4, -0.2) is 8.42 Å². The highest BCUT2D eigenvalue weighted by atomic mass is 127. The Bertz CT molecular complexity index is 583. The molecule has 2 rings (SSSR count). The van der Waals surface area contributed by atoms with Crippen LogP contribution in [0, 0.1) is 3.57 Å². The van der Waals surface area contributed by atoms with Gasteiger partial charge in [-0.05, 0) is 59.0 Å². The van der Waals surface area contributed by atoms with E-state index in [1.165, 1.54) is 27.8 Å². The lowest BCUT2D eigenvalue weighted by Crippen LogP contribution is -2.11. The SMILES string of the molecule is Ic1ccccc1.Nc1ccc(S(N)(=O)=O)cc1. The Hall–Kier alpha value is -1.12. The number of rotatable bonds is 1. The number of nitrogens with two attached hydrogens (primary N) is 2. The van der Waals surface area contributed by atoms with Crippen molar-refractivity contribution in [1.29, 1.82) is 0 Å². The van der Waals surface area contributed by atoms with Gasteiger partial charge in [-0.1, -0.05) is 18.2 Å². The number of primary sulfonamides is 1. The van der Waals surface area contributed by atoms with Crippen LogP contribution >= 0.6 is 22.6 Å². The van der Waals surface area contributed by atoms with E-state index in [1.54, 1.807) is 0 Å². The van der Waals surface area contributed by atoms with Crippen LogP contribution in [0.3, 0.4) is 0 Å². The highest BCUT2D eigenvalue weighted by Gasteiger charge is 2.04. The number of nitrogen functional groups attached to an aromatic ring is 1.